The van der Waals surface area contributed by atoms with Gasteiger partial charge in [0.25, 0.3) is 0 Å². The van der Waals surface area contributed by atoms with Crippen molar-refractivity contribution in [3.8, 4) is 0 Å². The molecule has 0 bridgehead atoms. The molecule has 3 heteroatoms. The van der Waals surface area contributed by atoms with Gasteiger partial charge in [-0.25, -0.2) is 8.42 Å². The summed E-state index contributed by atoms with van der Waals surface area (Å²) in [4.78, 5) is 0.500. The molecule has 1 aliphatic carbocycles. The maximum absolute atomic E-state index is 12.0. The Balaban J connectivity index is 2.33. The van der Waals surface area contributed by atoms with E-state index in [1.165, 1.54) is 31.9 Å². The summed E-state index contributed by atoms with van der Waals surface area (Å²) in [6.45, 7) is 0. The van der Waals surface area contributed by atoms with Gasteiger partial charge in [0.2, 0.25) is 0 Å². The van der Waals surface area contributed by atoms with Crippen molar-refractivity contribution in [3.05, 3.63) is 42.0 Å². The van der Waals surface area contributed by atoms with Gasteiger partial charge < -0.3 is 0 Å². The number of hydrogen-bond acceptors (Lipinski definition) is 2. The number of benzene rings is 1. The lowest BCUT2D eigenvalue weighted by Gasteiger charge is -2.12. The minimum absolute atomic E-state index is 0.410. The molecule has 1 fully saturated rings. The van der Waals surface area contributed by atoms with Gasteiger partial charge >= 0.3 is 0 Å². The van der Waals surface area contributed by atoms with Crippen LogP contribution >= 0.6 is 0 Å². The number of allylic oxidation sites excluding steroid dienone is 1. The lowest BCUT2D eigenvalue weighted by Crippen LogP contribution is -2.04. The molecule has 0 radical (unpaired) electrons. The molecule has 1 aliphatic rings. The first-order chi connectivity index (χ1) is 9.07. The van der Waals surface area contributed by atoms with E-state index in [1.54, 1.807) is 0 Å². The number of hydrogen-bond donors (Lipinski definition) is 0. The van der Waals surface area contributed by atoms with E-state index in [1.807, 2.05) is 36.4 Å². The van der Waals surface area contributed by atoms with Crippen LogP contribution in [0.3, 0.4) is 0 Å². The lowest BCUT2D eigenvalue weighted by atomic mass is 9.99. The van der Waals surface area contributed by atoms with E-state index in [4.69, 9.17) is 0 Å². The summed E-state index contributed by atoms with van der Waals surface area (Å²) in [6.07, 6.45) is 10.5. The molecule has 2 rings (SSSR count). The molecule has 0 atom stereocenters. The van der Waals surface area contributed by atoms with E-state index in [-0.39, 0.29) is 0 Å². The van der Waals surface area contributed by atoms with Crippen LogP contribution in [0.25, 0.3) is 4.91 Å². The van der Waals surface area contributed by atoms with Crippen LogP contribution in [-0.4, -0.2) is 14.7 Å². The molecule has 1 saturated carbocycles. The summed E-state index contributed by atoms with van der Waals surface area (Å²) in [6, 6.07) is 9.45. The summed E-state index contributed by atoms with van der Waals surface area (Å²) in [5.41, 5.74) is 0.814. The van der Waals surface area contributed by atoms with Crippen molar-refractivity contribution < 1.29 is 8.42 Å². The van der Waals surface area contributed by atoms with Gasteiger partial charge in [0, 0.05) is 6.26 Å². The van der Waals surface area contributed by atoms with Crippen molar-refractivity contribution in [3.63, 3.8) is 0 Å². The van der Waals surface area contributed by atoms with Gasteiger partial charge in [-0.15, -0.1) is 0 Å². The fourth-order valence-corrected chi connectivity index (χ4v) is 3.73. The van der Waals surface area contributed by atoms with E-state index in [9.17, 15) is 8.42 Å². The summed E-state index contributed by atoms with van der Waals surface area (Å²) < 4.78 is 24.0. The maximum atomic E-state index is 12.0. The molecule has 1 aromatic rings. The van der Waals surface area contributed by atoms with E-state index >= 15 is 0 Å². The van der Waals surface area contributed by atoms with Crippen molar-refractivity contribution in [1.82, 2.24) is 0 Å². The Morgan fingerprint density at radius 1 is 1.05 bits per heavy atom. The predicted octanol–water partition coefficient (Wildman–Crippen LogP) is 4.04. The Morgan fingerprint density at radius 3 is 2.16 bits per heavy atom. The van der Waals surface area contributed by atoms with Crippen molar-refractivity contribution >= 4 is 14.7 Å². The Morgan fingerprint density at radius 2 is 1.63 bits per heavy atom. The van der Waals surface area contributed by atoms with Gasteiger partial charge in [-0.2, -0.15) is 0 Å². The van der Waals surface area contributed by atoms with Crippen molar-refractivity contribution in [2.75, 3.05) is 6.26 Å². The summed E-state index contributed by atoms with van der Waals surface area (Å²) in [7, 11) is -3.17. The fourth-order valence-electron chi connectivity index (χ4n) is 2.73. The van der Waals surface area contributed by atoms with Gasteiger partial charge in [0.15, 0.2) is 9.84 Å². The normalized spacial score (nSPS) is 19.1. The zero-order valence-electron chi connectivity index (χ0n) is 11.5. The van der Waals surface area contributed by atoms with Crippen LogP contribution in [0.2, 0.25) is 0 Å². The Labute approximate surface area is 116 Å². The highest BCUT2D eigenvalue weighted by Crippen LogP contribution is 2.29. The number of rotatable bonds is 3. The summed E-state index contributed by atoms with van der Waals surface area (Å²) in [5.74, 6) is 0.410. The monoisotopic (exact) mass is 278 g/mol. The topological polar surface area (TPSA) is 34.1 Å². The molecule has 19 heavy (non-hydrogen) atoms. The highest BCUT2D eigenvalue weighted by Gasteiger charge is 2.17. The van der Waals surface area contributed by atoms with Crippen LogP contribution in [0.4, 0.5) is 0 Å². The van der Waals surface area contributed by atoms with Crippen molar-refractivity contribution in [2.24, 2.45) is 5.92 Å². The highest BCUT2D eigenvalue weighted by molar-refractivity contribution is 8.00. The molecule has 0 heterocycles. The van der Waals surface area contributed by atoms with Crippen LogP contribution in [0.5, 0.6) is 0 Å². The Bertz CT molecular complexity index is 521. The lowest BCUT2D eigenvalue weighted by molar-refractivity contribution is 0.560. The fraction of sp³-hybridized carbons (Fsp3) is 0.500. The molecule has 0 spiro atoms. The summed E-state index contributed by atoms with van der Waals surface area (Å²) in [5, 5.41) is 0. The van der Waals surface area contributed by atoms with Crippen LogP contribution in [0.15, 0.2) is 36.4 Å². The van der Waals surface area contributed by atoms with Crippen LogP contribution < -0.4 is 0 Å². The van der Waals surface area contributed by atoms with Gasteiger partial charge in [0.05, 0.1) is 4.91 Å². The first-order valence-electron chi connectivity index (χ1n) is 7.04. The summed E-state index contributed by atoms with van der Waals surface area (Å²) >= 11 is 0. The van der Waals surface area contributed by atoms with Crippen LogP contribution in [0.1, 0.15) is 44.1 Å². The van der Waals surface area contributed by atoms with E-state index in [0.29, 0.717) is 10.8 Å². The minimum atomic E-state index is -3.17. The third-order valence-corrected chi connectivity index (χ3v) is 4.92. The zero-order valence-corrected chi connectivity index (χ0v) is 12.3. The second-order valence-corrected chi connectivity index (χ2v) is 7.40. The quantitative estimate of drug-likeness (QED) is 0.782. The molecular formula is C16H22O2S. The molecule has 0 amide bonds. The van der Waals surface area contributed by atoms with Crippen LogP contribution in [0, 0.1) is 5.92 Å². The predicted molar refractivity (Wildman–Crippen MR) is 80.5 cm³/mol. The Hall–Kier alpha value is -1.09. The molecule has 0 aliphatic heterocycles. The van der Waals surface area contributed by atoms with Crippen LogP contribution in [-0.2, 0) is 9.84 Å². The molecule has 0 unspecified atom stereocenters. The minimum Gasteiger partial charge on any atom is -0.224 e. The molecule has 104 valence electrons. The third-order valence-electron chi connectivity index (χ3n) is 3.74. The SMILES string of the molecule is CS(=O)(=O)/C(=C\C1CCCCCC1)c1ccccc1. The molecule has 2 nitrogen and oxygen atoms in total. The van der Waals surface area contributed by atoms with E-state index in [2.05, 4.69) is 0 Å². The van der Waals surface area contributed by atoms with Gasteiger partial charge in [0.1, 0.15) is 0 Å². The zero-order chi connectivity index (χ0) is 13.7. The molecule has 1 aromatic carbocycles. The average molecular weight is 278 g/mol. The Kier molecular flexibility index (Phi) is 4.81. The first kappa shape index (κ1) is 14.3. The smallest absolute Gasteiger partial charge is 0.175 e. The second kappa shape index (κ2) is 6.38. The largest absolute Gasteiger partial charge is 0.224 e. The van der Waals surface area contributed by atoms with E-state index in [0.717, 1.165) is 18.4 Å². The standard InChI is InChI=1S/C16H22O2S/c1-19(17,18)16(15-11-7-4-8-12-15)13-14-9-5-2-3-6-10-14/h4,7-8,11-14H,2-3,5-6,9-10H2,1H3/b16-13-. The molecule has 0 aromatic heterocycles. The molecular weight excluding hydrogens is 256 g/mol. The number of sulfone groups is 1. The molecule has 0 saturated heterocycles. The van der Waals surface area contributed by atoms with Crippen molar-refractivity contribution in [2.45, 2.75) is 38.5 Å². The van der Waals surface area contributed by atoms with Crippen molar-refractivity contribution in [1.29, 1.82) is 0 Å². The third kappa shape index (κ3) is 4.20. The van der Waals surface area contributed by atoms with Gasteiger partial charge in [-0.05, 0) is 24.3 Å². The van der Waals surface area contributed by atoms with Gasteiger partial charge in [-0.1, -0.05) is 62.1 Å². The first-order valence-corrected chi connectivity index (χ1v) is 8.94. The highest BCUT2D eigenvalue weighted by atomic mass is 32.2. The average Bonchev–Trinajstić information content (AvgIpc) is 2.64. The second-order valence-electron chi connectivity index (χ2n) is 5.42. The van der Waals surface area contributed by atoms with Gasteiger partial charge in [-0.3, -0.25) is 0 Å². The maximum Gasteiger partial charge on any atom is 0.175 e. The van der Waals surface area contributed by atoms with E-state index < -0.39 is 9.84 Å². The molecule has 0 N–H and O–H groups in total.